The molecule has 1 aromatic rings. The van der Waals surface area contributed by atoms with Crippen molar-refractivity contribution >= 4 is 18.3 Å². The summed E-state index contributed by atoms with van der Waals surface area (Å²) >= 11 is 0. The minimum atomic E-state index is 0. The number of guanidine groups is 1. The van der Waals surface area contributed by atoms with Gasteiger partial charge in [-0.05, 0) is 11.6 Å². The first-order chi connectivity index (χ1) is 7.20. The summed E-state index contributed by atoms with van der Waals surface area (Å²) in [5, 5.41) is 3.97. The molecule has 0 bridgehead atoms. The molecular formula is C11H15IN4. The van der Waals surface area contributed by atoms with E-state index in [2.05, 4.69) is 5.10 Å². The van der Waals surface area contributed by atoms with Crippen LogP contribution < -0.4 is 35.4 Å². The predicted molar refractivity (Wildman–Crippen MR) is 63.5 cm³/mol. The van der Waals surface area contributed by atoms with E-state index in [1.807, 2.05) is 42.5 Å². The molecule has 0 atom stereocenters. The van der Waals surface area contributed by atoms with E-state index in [4.69, 9.17) is 11.5 Å². The van der Waals surface area contributed by atoms with Crippen LogP contribution >= 0.6 is 0 Å². The van der Waals surface area contributed by atoms with Crippen LogP contribution in [0, 0.1) is 0 Å². The normalized spacial score (nSPS) is 10.3. The minimum absolute atomic E-state index is 0. The van der Waals surface area contributed by atoms with E-state index in [1.165, 1.54) is 4.68 Å². The zero-order valence-corrected chi connectivity index (χ0v) is 11.2. The molecule has 0 aliphatic rings. The van der Waals surface area contributed by atoms with Crippen LogP contribution in [0.4, 0.5) is 0 Å². The highest BCUT2D eigenvalue weighted by molar-refractivity contribution is 5.78. The van der Waals surface area contributed by atoms with Crippen LogP contribution in [0.2, 0.25) is 0 Å². The second-order valence-corrected chi connectivity index (χ2v) is 2.98. The van der Waals surface area contributed by atoms with Crippen LogP contribution in [0.25, 0.3) is 6.08 Å². The summed E-state index contributed by atoms with van der Waals surface area (Å²) in [5.41, 5.74) is 11.7. The maximum absolute atomic E-state index is 5.31. The van der Waals surface area contributed by atoms with Gasteiger partial charge in [0.1, 0.15) is 0 Å². The standard InChI is InChI=1S/C11H14N4.HI/c1-15(11(12)13)14-9-5-8-10-6-3-2-4-7-10;/h2-9H,1H3,(H3,12,13);1H/b8-5+,14-9+;. The van der Waals surface area contributed by atoms with Gasteiger partial charge in [-0.1, -0.05) is 36.4 Å². The molecule has 16 heavy (non-hydrogen) atoms. The van der Waals surface area contributed by atoms with Crippen molar-refractivity contribution < 1.29 is 28.7 Å². The van der Waals surface area contributed by atoms with Gasteiger partial charge in [0.2, 0.25) is 0 Å². The Morgan fingerprint density at radius 2 is 1.88 bits per heavy atom. The first-order valence-corrected chi connectivity index (χ1v) is 4.57. The number of halogens is 1. The molecule has 0 aromatic heterocycles. The average Bonchev–Trinajstić information content (AvgIpc) is 2.25. The number of benzene rings is 1. The molecule has 4 nitrogen and oxygen atoms in total. The van der Waals surface area contributed by atoms with Gasteiger partial charge < -0.3 is 24.0 Å². The fraction of sp³-hybridized carbons (Fsp3) is 0.0909. The number of allylic oxidation sites excluding steroid dienone is 1. The third-order valence-electron chi connectivity index (χ3n) is 1.79. The lowest BCUT2D eigenvalue weighted by molar-refractivity contribution is -0.503. The molecule has 0 heterocycles. The van der Waals surface area contributed by atoms with E-state index in [9.17, 15) is 0 Å². The molecule has 0 aliphatic carbocycles. The summed E-state index contributed by atoms with van der Waals surface area (Å²) in [6.45, 7) is 0. The van der Waals surface area contributed by atoms with Crippen molar-refractivity contribution in [3.63, 3.8) is 0 Å². The highest BCUT2D eigenvalue weighted by atomic mass is 127. The Bertz CT molecular complexity index is 392. The largest absolute Gasteiger partial charge is 1.00 e. The SMILES string of the molecule is C[N+](/N=C/C=C/c1ccccc1)=C(N)N.[I-]. The van der Waals surface area contributed by atoms with E-state index in [0.717, 1.165) is 5.56 Å². The Morgan fingerprint density at radius 1 is 1.25 bits per heavy atom. The molecule has 0 spiro atoms. The molecule has 0 fully saturated rings. The van der Waals surface area contributed by atoms with Crippen molar-refractivity contribution in [2.24, 2.45) is 16.6 Å². The summed E-state index contributed by atoms with van der Waals surface area (Å²) < 4.78 is 1.40. The van der Waals surface area contributed by atoms with E-state index in [1.54, 1.807) is 13.3 Å². The van der Waals surface area contributed by atoms with Crippen molar-refractivity contribution in [1.82, 2.24) is 0 Å². The van der Waals surface area contributed by atoms with Gasteiger partial charge in [-0.2, -0.15) is 0 Å². The maximum Gasteiger partial charge on any atom is 0.364 e. The number of rotatable bonds is 3. The van der Waals surface area contributed by atoms with Gasteiger partial charge in [-0.3, -0.25) is 11.5 Å². The summed E-state index contributed by atoms with van der Waals surface area (Å²) in [6, 6.07) is 9.96. The minimum Gasteiger partial charge on any atom is -1.00 e. The highest BCUT2D eigenvalue weighted by Gasteiger charge is 1.89. The van der Waals surface area contributed by atoms with Crippen molar-refractivity contribution in [3.05, 3.63) is 42.0 Å². The van der Waals surface area contributed by atoms with Gasteiger partial charge in [0.15, 0.2) is 0 Å². The fourth-order valence-electron chi connectivity index (χ4n) is 0.923. The Balaban J connectivity index is 0.00000225. The molecule has 0 saturated carbocycles. The molecule has 4 N–H and O–H groups in total. The van der Waals surface area contributed by atoms with Gasteiger partial charge in [0.05, 0.1) is 13.3 Å². The predicted octanol–water partition coefficient (Wildman–Crippen LogP) is -2.39. The smallest absolute Gasteiger partial charge is 0.364 e. The molecule has 0 unspecified atom stereocenters. The third-order valence-corrected chi connectivity index (χ3v) is 1.79. The molecule has 0 amide bonds. The number of nitrogens with two attached hydrogens (primary N) is 2. The maximum atomic E-state index is 5.31. The highest BCUT2D eigenvalue weighted by Crippen LogP contribution is 1.99. The Morgan fingerprint density at radius 3 is 2.44 bits per heavy atom. The Hall–Kier alpha value is -1.37. The molecule has 1 rings (SSSR count). The van der Waals surface area contributed by atoms with Gasteiger partial charge >= 0.3 is 5.96 Å². The van der Waals surface area contributed by atoms with Crippen LogP contribution in [0.3, 0.4) is 0 Å². The zero-order valence-electron chi connectivity index (χ0n) is 9.05. The van der Waals surface area contributed by atoms with Crippen molar-refractivity contribution in [3.8, 4) is 0 Å². The van der Waals surface area contributed by atoms with E-state index >= 15 is 0 Å². The first kappa shape index (κ1) is 14.6. The van der Waals surface area contributed by atoms with Crippen LogP contribution in [-0.2, 0) is 0 Å². The summed E-state index contributed by atoms with van der Waals surface area (Å²) in [7, 11) is 1.68. The van der Waals surface area contributed by atoms with Gasteiger partial charge in [-0.25, -0.2) is 0 Å². The number of nitrogens with zero attached hydrogens (tertiary/aromatic N) is 2. The van der Waals surface area contributed by atoms with Gasteiger partial charge in [0, 0.05) is 0 Å². The van der Waals surface area contributed by atoms with Crippen molar-refractivity contribution in [1.29, 1.82) is 0 Å². The van der Waals surface area contributed by atoms with E-state index in [0.29, 0.717) is 0 Å². The lowest BCUT2D eigenvalue weighted by atomic mass is 10.2. The van der Waals surface area contributed by atoms with E-state index < -0.39 is 0 Å². The first-order valence-electron chi connectivity index (χ1n) is 4.57. The Kier molecular flexibility index (Phi) is 7.19. The molecule has 0 saturated heterocycles. The third kappa shape index (κ3) is 5.50. The molecule has 86 valence electrons. The number of hydrogen-bond donors (Lipinski definition) is 2. The topological polar surface area (TPSA) is 67.4 Å². The van der Waals surface area contributed by atoms with Crippen LogP contribution in [-0.4, -0.2) is 23.9 Å². The molecule has 5 heteroatoms. The lowest BCUT2D eigenvalue weighted by Crippen LogP contribution is -3.00. The zero-order chi connectivity index (χ0) is 11.1. The molecular weight excluding hydrogens is 315 g/mol. The second kappa shape index (κ2) is 7.86. The average molecular weight is 330 g/mol. The second-order valence-electron chi connectivity index (χ2n) is 2.98. The fourth-order valence-corrected chi connectivity index (χ4v) is 0.923. The lowest BCUT2D eigenvalue weighted by Gasteiger charge is -1.90. The van der Waals surface area contributed by atoms with Crippen LogP contribution in [0.5, 0.6) is 0 Å². The monoisotopic (exact) mass is 330 g/mol. The molecule has 0 radical (unpaired) electrons. The summed E-state index contributed by atoms with van der Waals surface area (Å²) in [6.07, 6.45) is 5.41. The van der Waals surface area contributed by atoms with E-state index in [-0.39, 0.29) is 29.9 Å². The number of hydrazone groups is 1. The Labute approximate surface area is 112 Å². The molecule has 1 aromatic carbocycles. The molecule has 0 aliphatic heterocycles. The quantitative estimate of drug-likeness (QED) is 0.213. The summed E-state index contributed by atoms with van der Waals surface area (Å²) in [5.74, 6) is 0.166. The number of hydrogen-bond acceptors (Lipinski definition) is 1. The van der Waals surface area contributed by atoms with Crippen LogP contribution in [0.15, 0.2) is 41.5 Å². The van der Waals surface area contributed by atoms with Gasteiger partial charge in [0.25, 0.3) is 0 Å². The van der Waals surface area contributed by atoms with Gasteiger partial charge in [-0.15, -0.1) is 9.79 Å². The summed E-state index contributed by atoms with van der Waals surface area (Å²) in [4.78, 5) is 0. The van der Waals surface area contributed by atoms with Crippen molar-refractivity contribution in [2.75, 3.05) is 7.05 Å². The van der Waals surface area contributed by atoms with Crippen LogP contribution in [0.1, 0.15) is 5.56 Å². The van der Waals surface area contributed by atoms with Crippen molar-refractivity contribution in [2.45, 2.75) is 0 Å².